The molecule has 0 heterocycles. The third-order valence-electron chi connectivity index (χ3n) is 5.37. The molecule has 0 spiro atoms. The van der Waals surface area contributed by atoms with Crippen molar-refractivity contribution in [2.45, 2.75) is 39.2 Å². The van der Waals surface area contributed by atoms with Crippen LogP contribution in [0, 0.1) is 12.7 Å². The summed E-state index contributed by atoms with van der Waals surface area (Å²) in [6.45, 7) is 4.41. The molecule has 3 aromatic carbocycles. The number of esters is 1. The Bertz CT molecular complexity index is 1100. The molecule has 0 aliphatic carbocycles. The summed E-state index contributed by atoms with van der Waals surface area (Å²) in [4.78, 5) is 11.4. The number of hydrogen-bond donors (Lipinski definition) is 0. The van der Waals surface area contributed by atoms with E-state index in [1.165, 1.54) is 13.2 Å². The fraction of sp³-hybridized carbons (Fsp3) is 0.296. The van der Waals surface area contributed by atoms with Gasteiger partial charge in [0, 0.05) is 29.0 Å². The van der Waals surface area contributed by atoms with Crippen molar-refractivity contribution in [3.63, 3.8) is 0 Å². The van der Waals surface area contributed by atoms with E-state index < -0.39 is 0 Å². The summed E-state index contributed by atoms with van der Waals surface area (Å²) in [6.07, 6.45) is 1.47. The number of aryl methyl sites for hydroxylation is 2. The molecule has 1 unspecified atom stereocenters. The highest BCUT2D eigenvalue weighted by Gasteiger charge is 2.14. The van der Waals surface area contributed by atoms with Crippen molar-refractivity contribution in [3.05, 3.63) is 82.6 Å². The van der Waals surface area contributed by atoms with Crippen molar-refractivity contribution >= 4 is 17.6 Å². The Labute approximate surface area is 199 Å². The van der Waals surface area contributed by atoms with Crippen LogP contribution in [0.25, 0.3) is 11.1 Å². The van der Waals surface area contributed by atoms with Crippen LogP contribution in [0.2, 0.25) is 5.02 Å². The van der Waals surface area contributed by atoms with E-state index in [9.17, 15) is 9.18 Å². The molecule has 3 rings (SSSR count). The Morgan fingerprint density at radius 2 is 1.85 bits per heavy atom. The van der Waals surface area contributed by atoms with Crippen molar-refractivity contribution < 1.29 is 23.4 Å². The monoisotopic (exact) mass is 470 g/mol. The van der Waals surface area contributed by atoms with Gasteiger partial charge in [-0.1, -0.05) is 35.9 Å². The zero-order valence-electron chi connectivity index (χ0n) is 19.1. The van der Waals surface area contributed by atoms with Gasteiger partial charge < -0.3 is 14.2 Å². The van der Waals surface area contributed by atoms with Gasteiger partial charge in [0.2, 0.25) is 0 Å². The van der Waals surface area contributed by atoms with E-state index in [1.54, 1.807) is 36.4 Å². The van der Waals surface area contributed by atoms with E-state index in [1.807, 2.05) is 32.0 Å². The first-order chi connectivity index (χ1) is 15.9. The highest BCUT2D eigenvalue weighted by Crippen LogP contribution is 2.35. The first-order valence-electron chi connectivity index (χ1n) is 10.9. The second-order valence-electron chi connectivity index (χ2n) is 7.85. The van der Waals surface area contributed by atoms with Gasteiger partial charge in [-0.25, -0.2) is 4.39 Å². The number of hydrogen-bond acceptors (Lipinski definition) is 4. The molecule has 0 fully saturated rings. The molecule has 3 aromatic rings. The summed E-state index contributed by atoms with van der Waals surface area (Å²) in [5.41, 5.74) is 3.22. The first kappa shape index (κ1) is 24.6. The molecule has 0 aliphatic heterocycles. The molecule has 0 aromatic heterocycles. The highest BCUT2D eigenvalue weighted by atomic mass is 35.5. The third-order valence-corrected chi connectivity index (χ3v) is 5.60. The molecule has 0 radical (unpaired) electrons. The van der Waals surface area contributed by atoms with Crippen LogP contribution in [0.1, 0.15) is 30.9 Å². The summed E-state index contributed by atoms with van der Waals surface area (Å²) in [7, 11) is 1.39. The van der Waals surface area contributed by atoms with Crippen LogP contribution in [-0.2, 0) is 16.0 Å². The minimum absolute atomic E-state index is 0.155. The lowest BCUT2D eigenvalue weighted by Crippen LogP contribution is -2.16. The molecule has 4 nitrogen and oxygen atoms in total. The molecule has 0 N–H and O–H groups in total. The maximum absolute atomic E-state index is 14.3. The number of halogens is 2. The van der Waals surface area contributed by atoms with Crippen LogP contribution >= 0.6 is 11.6 Å². The Hall–Kier alpha value is -3.05. The van der Waals surface area contributed by atoms with Crippen molar-refractivity contribution in [2.24, 2.45) is 0 Å². The number of carbonyl (C=O) groups excluding carboxylic acids is 1. The van der Waals surface area contributed by atoms with Gasteiger partial charge >= 0.3 is 5.97 Å². The Morgan fingerprint density at radius 1 is 1.06 bits per heavy atom. The average Bonchev–Trinajstić information content (AvgIpc) is 2.80. The van der Waals surface area contributed by atoms with E-state index in [0.717, 1.165) is 16.9 Å². The molecule has 1 atom stereocenters. The molecule has 174 valence electrons. The van der Waals surface area contributed by atoms with E-state index in [4.69, 9.17) is 25.8 Å². The van der Waals surface area contributed by atoms with Gasteiger partial charge in [0.15, 0.2) is 0 Å². The van der Waals surface area contributed by atoms with E-state index in [0.29, 0.717) is 47.8 Å². The predicted octanol–water partition coefficient (Wildman–Crippen LogP) is 6.80. The van der Waals surface area contributed by atoms with Crippen LogP contribution in [0.4, 0.5) is 4.39 Å². The number of ether oxygens (including phenoxy) is 3. The number of methoxy groups -OCH3 is 1. The summed E-state index contributed by atoms with van der Waals surface area (Å²) in [6, 6.07) is 17.6. The van der Waals surface area contributed by atoms with Gasteiger partial charge in [-0.2, -0.15) is 0 Å². The van der Waals surface area contributed by atoms with E-state index in [2.05, 4.69) is 0 Å². The van der Waals surface area contributed by atoms with Crippen molar-refractivity contribution in [2.75, 3.05) is 13.7 Å². The maximum atomic E-state index is 14.3. The Morgan fingerprint density at radius 3 is 2.58 bits per heavy atom. The lowest BCUT2D eigenvalue weighted by atomic mass is 10.0. The minimum atomic E-state index is -0.328. The second kappa shape index (κ2) is 11.7. The minimum Gasteiger partial charge on any atom is -0.493 e. The lowest BCUT2D eigenvalue weighted by Gasteiger charge is -2.19. The fourth-order valence-electron chi connectivity index (χ4n) is 3.49. The lowest BCUT2D eigenvalue weighted by molar-refractivity contribution is -0.140. The van der Waals surface area contributed by atoms with Gasteiger partial charge in [0.1, 0.15) is 17.3 Å². The molecule has 0 saturated carbocycles. The van der Waals surface area contributed by atoms with Crippen LogP contribution in [0.15, 0.2) is 60.7 Å². The molecule has 6 heteroatoms. The van der Waals surface area contributed by atoms with Crippen LogP contribution in [-0.4, -0.2) is 25.8 Å². The summed E-state index contributed by atoms with van der Waals surface area (Å²) < 4.78 is 31.0. The fourth-order valence-corrected chi connectivity index (χ4v) is 3.66. The zero-order valence-corrected chi connectivity index (χ0v) is 19.8. The van der Waals surface area contributed by atoms with Gasteiger partial charge in [-0.3, -0.25) is 4.79 Å². The van der Waals surface area contributed by atoms with Gasteiger partial charge in [-0.05, 0) is 67.8 Å². The SMILES string of the molecule is COC(=O)CCc1ccc(OCCC(C)Oc2ccc(Cl)cc2-c2ccccc2F)cc1C. The topological polar surface area (TPSA) is 44.8 Å². The summed E-state index contributed by atoms with van der Waals surface area (Å²) in [5, 5.41) is 0.516. The summed E-state index contributed by atoms with van der Waals surface area (Å²) in [5.74, 6) is 0.788. The zero-order chi connectivity index (χ0) is 23.8. The smallest absolute Gasteiger partial charge is 0.305 e. The van der Waals surface area contributed by atoms with Crippen molar-refractivity contribution in [1.29, 1.82) is 0 Å². The van der Waals surface area contributed by atoms with Gasteiger partial charge in [0.25, 0.3) is 0 Å². The number of benzene rings is 3. The molecule has 33 heavy (non-hydrogen) atoms. The normalized spacial score (nSPS) is 11.7. The standard InChI is InChI=1S/C27H28ClFO4/c1-18-16-22(11-8-20(18)9-13-27(30)31-3)32-15-14-19(2)33-26-12-10-21(28)17-24(26)23-6-4-5-7-25(23)29/h4-8,10-12,16-17,19H,9,13-15H2,1-3H3. The Kier molecular flexibility index (Phi) is 8.72. The molecular weight excluding hydrogens is 443 g/mol. The quantitative estimate of drug-likeness (QED) is 0.306. The highest BCUT2D eigenvalue weighted by molar-refractivity contribution is 6.31. The first-order valence-corrected chi connectivity index (χ1v) is 11.3. The maximum Gasteiger partial charge on any atom is 0.305 e. The molecule has 0 aliphatic rings. The van der Waals surface area contributed by atoms with Crippen LogP contribution in [0.3, 0.4) is 0 Å². The third kappa shape index (κ3) is 6.96. The predicted molar refractivity (Wildman–Crippen MR) is 129 cm³/mol. The second-order valence-corrected chi connectivity index (χ2v) is 8.29. The van der Waals surface area contributed by atoms with Gasteiger partial charge in [-0.15, -0.1) is 0 Å². The summed E-state index contributed by atoms with van der Waals surface area (Å²) >= 11 is 6.15. The number of carbonyl (C=O) groups is 1. The van der Waals surface area contributed by atoms with E-state index >= 15 is 0 Å². The average molecular weight is 471 g/mol. The van der Waals surface area contributed by atoms with Crippen molar-refractivity contribution in [3.8, 4) is 22.6 Å². The molecule has 0 saturated heterocycles. The molecule has 0 bridgehead atoms. The van der Waals surface area contributed by atoms with Crippen molar-refractivity contribution in [1.82, 2.24) is 0 Å². The number of rotatable bonds is 10. The van der Waals surface area contributed by atoms with E-state index in [-0.39, 0.29) is 17.9 Å². The largest absolute Gasteiger partial charge is 0.493 e. The molecular formula is C27H28ClFO4. The van der Waals surface area contributed by atoms with Gasteiger partial charge in [0.05, 0.1) is 19.8 Å². The van der Waals surface area contributed by atoms with Crippen LogP contribution in [0.5, 0.6) is 11.5 Å². The Balaban J connectivity index is 1.57. The van der Waals surface area contributed by atoms with Crippen LogP contribution < -0.4 is 9.47 Å². The molecule has 0 amide bonds.